The Morgan fingerprint density at radius 2 is 0.792 bits per heavy atom. The molecular formula is C68H125N2O6P. The fourth-order valence-corrected chi connectivity index (χ4v) is 10.1. The van der Waals surface area contributed by atoms with Gasteiger partial charge in [-0.15, -0.1) is 0 Å². The number of hydrogen-bond acceptors (Lipinski definition) is 6. The summed E-state index contributed by atoms with van der Waals surface area (Å²) in [5.41, 5.74) is 0. The summed E-state index contributed by atoms with van der Waals surface area (Å²) in [6.45, 7) is 4.63. The molecule has 448 valence electrons. The quantitative estimate of drug-likeness (QED) is 0.0272. The molecule has 0 aliphatic heterocycles. The Bertz CT molecular complexity index is 1530. The highest BCUT2D eigenvalue weighted by atomic mass is 31.2. The molecule has 0 fully saturated rings. The number of unbranched alkanes of at least 4 members (excludes halogenated alkanes) is 32. The zero-order chi connectivity index (χ0) is 56.3. The minimum absolute atomic E-state index is 0.0107. The van der Waals surface area contributed by atoms with Gasteiger partial charge >= 0.3 is 0 Å². The van der Waals surface area contributed by atoms with Crippen LogP contribution < -0.4 is 10.2 Å². The monoisotopic (exact) mass is 1100 g/mol. The predicted molar refractivity (Wildman–Crippen MR) is 334 cm³/mol. The Morgan fingerprint density at radius 3 is 1.16 bits per heavy atom. The number of hydrogen-bond donors (Lipinski definition) is 2. The molecular weight excluding hydrogens is 972 g/mol. The SMILES string of the molecule is CC/C=C\C/C=C\C/C=C\C/C=C\C/C=C\C/C=C\C/C=C\CCCCCCCCCCCCCCCCCC(=O)NC(COP(=O)([O-])OCC[N+](C)(C)C)C(O)CCCCCCCCCCCCCCCCCCCC. The van der Waals surface area contributed by atoms with Gasteiger partial charge in [0.1, 0.15) is 13.2 Å². The van der Waals surface area contributed by atoms with Gasteiger partial charge in [-0.3, -0.25) is 9.36 Å². The maximum Gasteiger partial charge on any atom is 0.268 e. The van der Waals surface area contributed by atoms with Crippen LogP contribution in [-0.4, -0.2) is 68.5 Å². The molecule has 0 aliphatic carbocycles. The number of aliphatic hydroxyl groups excluding tert-OH is 1. The highest BCUT2D eigenvalue weighted by molar-refractivity contribution is 7.45. The second kappa shape index (κ2) is 58.3. The number of likely N-dealkylation sites (N-methyl/N-ethyl adjacent to an activating group) is 1. The second-order valence-electron chi connectivity index (χ2n) is 23.1. The van der Waals surface area contributed by atoms with Gasteiger partial charge < -0.3 is 28.8 Å². The van der Waals surface area contributed by atoms with Crippen molar-refractivity contribution in [2.75, 3.05) is 40.9 Å². The molecule has 3 unspecified atom stereocenters. The van der Waals surface area contributed by atoms with Gasteiger partial charge in [0.15, 0.2) is 0 Å². The van der Waals surface area contributed by atoms with E-state index in [0.29, 0.717) is 23.9 Å². The van der Waals surface area contributed by atoms with Crippen LogP contribution in [0.3, 0.4) is 0 Å². The van der Waals surface area contributed by atoms with Crippen molar-refractivity contribution >= 4 is 13.7 Å². The van der Waals surface area contributed by atoms with Crippen LogP contribution in [0.2, 0.25) is 0 Å². The molecule has 0 saturated carbocycles. The van der Waals surface area contributed by atoms with Gasteiger partial charge in [-0.25, -0.2) is 0 Å². The van der Waals surface area contributed by atoms with E-state index in [1.54, 1.807) is 0 Å². The van der Waals surface area contributed by atoms with Crippen LogP contribution in [0.15, 0.2) is 85.1 Å². The lowest BCUT2D eigenvalue weighted by molar-refractivity contribution is -0.870. The van der Waals surface area contributed by atoms with Crippen molar-refractivity contribution in [3.05, 3.63) is 85.1 Å². The summed E-state index contributed by atoms with van der Waals surface area (Å²) in [7, 11) is 1.31. The van der Waals surface area contributed by atoms with E-state index in [1.165, 1.54) is 180 Å². The van der Waals surface area contributed by atoms with Crippen molar-refractivity contribution in [2.24, 2.45) is 0 Å². The van der Waals surface area contributed by atoms with E-state index in [9.17, 15) is 19.4 Å². The summed E-state index contributed by atoms with van der Waals surface area (Å²) in [5.74, 6) is -0.164. The topological polar surface area (TPSA) is 108 Å². The van der Waals surface area contributed by atoms with Crippen molar-refractivity contribution in [1.29, 1.82) is 0 Å². The molecule has 0 aromatic rings. The Hall–Kier alpha value is -2.32. The number of quaternary nitrogens is 1. The zero-order valence-electron chi connectivity index (χ0n) is 51.1. The molecule has 1 amide bonds. The third-order valence-corrected chi connectivity index (χ3v) is 15.4. The summed E-state index contributed by atoms with van der Waals surface area (Å²) in [5, 5.41) is 14.1. The molecule has 0 aromatic carbocycles. The van der Waals surface area contributed by atoms with E-state index < -0.39 is 20.0 Å². The number of phosphoric ester groups is 1. The molecule has 0 saturated heterocycles. The van der Waals surface area contributed by atoms with E-state index in [2.05, 4.69) is 104 Å². The van der Waals surface area contributed by atoms with E-state index in [0.717, 1.165) is 83.5 Å². The smallest absolute Gasteiger partial charge is 0.268 e. The predicted octanol–water partition coefficient (Wildman–Crippen LogP) is 19.7. The van der Waals surface area contributed by atoms with Gasteiger partial charge in [-0.1, -0.05) is 298 Å². The lowest BCUT2D eigenvalue weighted by Crippen LogP contribution is -2.46. The molecule has 9 heteroatoms. The van der Waals surface area contributed by atoms with Crippen LogP contribution >= 0.6 is 7.82 Å². The van der Waals surface area contributed by atoms with Gasteiger partial charge in [0.05, 0.1) is 39.9 Å². The molecule has 77 heavy (non-hydrogen) atoms. The van der Waals surface area contributed by atoms with Gasteiger partial charge in [0.2, 0.25) is 5.91 Å². The Labute approximate surface area is 477 Å². The van der Waals surface area contributed by atoms with Crippen LogP contribution in [0, 0.1) is 0 Å². The second-order valence-corrected chi connectivity index (χ2v) is 24.5. The first-order valence-electron chi connectivity index (χ1n) is 32.4. The number of nitrogens with zero attached hydrogens (tertiary/aromatic N) is 1. The van der Waals surface area contributed by atoms with Crippen molar-refractivity contribution in [1.82, 2.24) is 5.32 Å². The first kappa shape index (κ1) is 74.7. The van der Waals surface area contributed by atoms with E-state index in [1.807, 2.05) is 21.1 Å². The van der Waals surface area contributed by atoms with Crippen LogP contribution in [0.25, 0.3) is 0 Å². The van der Waals surface area contributed by atoms with Crippen LogP contribution in [0.5, 0.6) is 0 Å². The summed E-state index contributed by atoms with van der Waals surface area (Å²) >= 11 is 0. The molecule has 0 radical (unpaired) electrons. The number of carbonyl (C=O) groups is 1. The molecule has 0 spiro atoms. The van der Waals surface area contributed by atoms with Crippen LogP contribution in [0.1, 0.15) is 290 Å². The normalized spacial score (nSPS) is 14.3. The molecule has 3 atom stereocenters. The maximum absolute atomic E-state index is 13.0. The van der Waals surface area contributed by atoms with E-state index >= 15 is 0 Å². The molecule has 8 nitrogen and oxygen atoms in total. The number of rotatable bonds is 59. The fraction of sp³-hybridized carbons (Fsp3) is 0.779. The zero-order valence-corrected chi connectivity index (χ0v) is 52.0. The van der Waals surface area contributed by atoms with Gasteiger partial charge in [-0.05, 0) is 70.6 Å². The highest BCUT2D eigenvalue weighted by Gasteiger charge is 2.24. The number of phosphoric acid groups is 1. The van der Waals surface area contributed by atoms with Gasteiger partial charge in [-0.2, -0.15) is 0 Å². The summed E-state index contributed by atoms with van der Waals surface area (Å²) in [6, 6.07) is -0.804. The van der Waals surface area contributed by atoms with Crippen molar-refractivity contribution in [3.63, 3.8) is 0 Å². The standard InChI is InChI=1S/C68H125N2O6P/c1-6-8-10-12-14-16-18-20-22-24-26-27-28-29-30-31-32-33-34-35-36-37-38-39-40-41-42-43-44-46-48-50-52-54-56-58-60-62-68(72)69-66(65-76-77(73,74)75-64-63-70(3,4)5)67(71)61-59-57-55-53-51-49-47-45-25-23-21-19-17-15-13-11-9-7-2/h8,10,14,16,20,22,26-27,29-30,32-33,35-36,66-67,71H,6-7,9,11-13,15,17-19,21,23-25,28,31,34,37-65H2,1-5H3,(H-,69,72,73,74)/b10-8-,16-14-,22-20-,27-26-,30-29-,33-32-,36-35-. The Kier molecular flexibility index (Phi) is 56.6. The largest absolute Gasteiger partial charge is 0.756 e. The Morgan fingerprint density at radius 1 is 0.468 bits per heavy atom. The lowest BCUT2D eigenvalue weighted by Gasteiger charge is -2.30. The minimum atomic E-state index is -4.58. The average molecular weight is 1100 g/mol. The number of carbonyl (C=O) groups excluding carboxylic acids is 1. The summed E-state index contributed by atoms with van der Waals surface area (Å²) in [4.78, 5) is 25.6. The van der Waals surface area contributed by atoms with E-state index in [4.69, 9.17) is 9.05 Å². The first-order chi connectivity index (χ1) is 37.5. The third-order valence-electron chi connectivity index (χ3n) is 14.4. The molecule has 0 heterocycles. The molecule has 0 aromatic heterocycles. The number of amides is 1. The highest BCUT2D eigenvalue weighted by Crippen LogP contribution is 2.38. The number of allylic oxidation sites excluding steroid dienone is 14. The van der Waals surface area contributed by atoms with Crippen molar-refractivity contribution < 1.29 is 32.9 Å². The lowest BCUT2D eigenvalue weighted by atomic mass is 10.0. The Balaban J connectivity index is 4.03. The minimum Gasteiger partial charge on any atom is -0.756 e. The van der Waals surface area contributed by atoms with Crippen LogP contribution in [0.4, 0.5) is 0 Å². The third kappa shape index (κ3) is 61.2. The molecule has 0 aliphatic rings. The molecule has 0 bridgehead atoms. The van der Waals surface area contributed by atoms with Crippen molar-refractivity contribution in [3.8, 4) is 0 Å². The fourth-order valence-electron chi connectivity index (χ4n) is 9.38. The van der Waals surface area contributed by atoms with Gasteiger partial charge in [0, 0.05) is 6.42 Å². The maximum atomic E-state index is 13.0. The summed E-state index contributed by atoms with van der Waals surface area (Å²) < 4.78 is 23.5. The number of aliphatic hydroxyl groups is 1. The van der Waals surface area contributed by atoms with Crippen molar-refractivity contribution in [2.45, 2.75) is 302 Å². The van der Waals surface area contributed by atoms with Gasteiger partial charge in [0.25, 0.3) is 7.82 Å². The number of nitrogens with one attached hydrogen (secondary N) is 1. The average Bonchev–Trinajstić information content (AvgIpc) is 3.39. The molecule has 2 N–H and O–H groups in total. The first-order valence-corrected chi connectivity index (χ1v) is 33.9. The summed E-state index contributed by atoms with van der Waals surface area (Å²) in [6.07, 6.45) is 82.0. The van der Waals surface area contributed by atoms with Crippen LogP contribution in [-0.2, 0) is 18.4 Å². The molecule has 0 rings (SSSR count). The van der Waals surface area contributed by atoms with E-state index in [-0.39, 0.29) is 19.1 Å².